The predicted molar refractivity (Wildman–Crippen MR) is 66.3 cm³/mol. The monoisotopic (exact) mass is 242 g/mol. The molecule has 0 amide bonds. The zero-order valence-electron chi connectivity index (χ0n) is 10.4. The number of halogens is 1. The fraction of sp³-hybridized carbons (Fsp3) is 0.615. The van der Waals surface area contributed by atoms with Gasteiger partial charge in [-0.25, -0.2) is 4.79 Å². The average Bonchev–Trinajstić information content (AvgIpc) is 2.14. The molecule has 0 aromatic heterocycles. The van der Waals surface area contributed by atoms with Gasteiger partial charge in [0.05, 0.1) is 0 Å². The smallest absolute Gasteiger partial charge is 0.334 e. The van der Waals surface area contributed by atoms with Crippen LogP contribution in [-0.2, 0) is 9.53 Å². The van der Waals surface area contributed by atoms with E-state index >= 15 is 0 Å². The second-order valence-corrected chi connectivity index (χ2v) is 5.44. The number of carbonyl (C=O) groups is 1. The lowest BCUT2D eigenvalue weighted by Gasteiger charge is -2.23. The maximum Gasteiger partial charge on any atom is 0.334 e. The topological polar surface area (TPSA) is 26.3 Å². The van der Waals surface area contributed by atoms with Crippen molar-refractivity contribution in [1.82, 2.24) is 0 Å². The number of carbonyl (C=O) groups excluding carboxylic acids is 1. The number of allylic oxidation sites excluding steroid dienone is 3. The van der Waals surface area contributed by atoms with E-state index in [1.807, 2.05) is 33.8 Å². The van der Waals surface area contributed by atoms with Crippen LogP contribution in [0, 0.1) is 0 Å². The van der Waals surface area contributed by atoms with Gasteiger partial charge in [0.25, 0.3) is 0 Å². The van der Waals surface area contributed by atoms with Crippen LogP contribution in [0.3, 0.4) is 0 Å². The highest BCUT2D eigenvalue weighted by molar-refractivity contribution is 6.30. The summed E-state index contributed by atoms with van der Waals surface area (Å²) in [6.07, 6.45) is 4.13. The maximum atomic E-state index is 11.9. The third kappa shape index (κ3) is 3.67. The summed E-state index contributed by atoms with van der Waals surface area (Å²) < 4.78 is 5.38. The largest absolute Gasteiger partial charge is 0.457 e. The predicted octanol–water partition coefficient (Wildman–Crippen LogP) is 3.95. The number of ether oxygens (including phenoxy) is 1. The van der Waals surface area contributed by atoms with E-state index in [4.69, 9.17) is 16.3 Å². The molecule has 0 heterocycles. The van der Waals surface area contributed by atoms with Gasteiger partial charge in [0.1, 0.15) is 5.60 Å². The van der Waals surface area contributed by atoms with Gasteiger partial charge in [-0.05, 0) is 51.7 Å². The van der Waals surface area contributed by atoms with E-state index in [2.05, 4.69) is 0 Å². The quantitative estimate of drug-likeness (QED) is 0.686. The molecule has 0 spiro atoms. The van der Waals surface area contributed by atoms with E-state index in [1.54, 1.807) is 0 Å². The molecule has 0 saturated carbocycles. The van der Waals surface area contributed by atoms with Crippen molar-refractivity contribution in [2.45, 2.75) is 52.6 Å². The van der Waals surface area contributed by atoms with Crippen LogP contribution >= 0.6 is 11.6 Å². The summed E-state index contributed by atoms with van der Waals surface area (Å²) in [5.41, 5.74) is 1.35. The Kier molecular flexibility index (Phi) is 4.20. The number of hydrogen-bond acceptors (Lipinski definition) is 2. The first kappa shape index (κ1) is 13.3. The van der Waals surface area contributed by atoms with Crippen molar-refractivity contribution in [3.05, 3.63) is 22.3 Å². The van der Waals surface area contributed by atoms with Crippen molar-refractivity contribution < 1.29 is 9.53 Å². The van der Waals surface area contributed by atoms with Crippen molar-refractivity contribution in [3.63, 3.8) is 0 Å². The van der Waals surface area contributed by atoms with Gasteiger partial charge in [-0.2, -0.15) is 0 Å². The van der Waals surface area contributed by atoms with E-state index in [9.17, 15) is 4.79 Å². The Morgan fingerprint density at radius 2 is 2.06 bits per heavy atom. The third-order valence-electron chi connectivity index (χ3n) is 2.36. The molecule has 0 bridgehead atoms. The van der Waals surface area contributed by atoms with Crippen LogP contribution in [0.5, 0.6) is 0 Å². The molecule has 16 heavy (non-hydrogen) atoms. The molecule has 0 aromatic rings. The maximum absolute atomic E-state index is 11.9. The highest BCUT2D eigenvalue weighted by atomic mass is 35.5. The van der Waals surface area contributed by atoms with Gasteiger partial charge in [-0.3, -0.25) is 0 Å². The van der Waals surface area contributed by atoms with E-state index in [1.165, 1.54) is 0 Å². The lowest BCUT2D eigenvalue weighted by atomic mass is 9.95. The molecule has 90 valence electrons. The van der Waals surface area contributed by atoms with E-state index in [0.29, 0.717) is 6.42 Å². The summed E-state index contributed by atoms with van der Waals surface area (Å²) in [4.78, 5) is 11.9. The third-order valence-corrected chi connectivity index (χ3v) is 2.66. The fourth-order valence-corrected chi connectivity index (χ4v) is 1.87. The van der Waals surface area contributed by atoms with E-state index in [-0.39, 0.29) is 5.97 Å². The van der Waals surface area contributed by atoms with E-state index in [0.717, 1.165) is 29.0 Å². The Labute approximate surface area is 102 Å². The van der Waals surface area contributed by atoms with Crippen molar-refractivity contribution in [2.75, 3.05) is 0 Å². The zero-order valence-corrected chi connectivity index (χ0v) is 11.1. The standard InChI is InChI=1S/C13H19ClO2/c1-5-9-8-10(14)6-7-11(9)12(15)16-13(2,3)4/h8H,5-7H2,1-4H3. The van der Waals surface area contributed by atoms with Gasteiger partial charge >= 0.3 is 5.97 Å². The molecule has 2 nitrogen and oxygen atoms in total. The minimum absolute atomic E-state index is 0.204. The second kappa shape index (κ2) is 5.05. The highest BCUT2D eigenvalue weighted by Crippen LogP contribution is 2.29. The van der Waals surface area contributed by atoms with Gasteiger partial charge < -0.3 is 4.74 Å². The Hall–Kier alpha value is -0.760. The van der Waals surface area contributed by atoms with Crippen LogP contribution in [0.15, 0.2) is 22.3 Å². The minimum Gasteiger partial charge on any atom is -0.457 e. The van der Waals surface area contributed by atoms with Crippen LogP contribution in [0.25, 0.3) is 0 Å². The summed E-state index contributed by atoms with van der Waals surface area (Å²) in [6.45, 7) is 7.65. The molecule has 0 atom stereocenters. The first-order valence-corrected chi connectivity index (χ1v) is 6.02. The summed E-state index contributed by atoms with van der Waals surface area (Å²) in [7, 11) is 0. The van der Waals surface area contributed by atoms with Crippen LogP contribution in [0.1, 0.15) is 47.0 Å². The number of esters is 1. The van der Waals surface area contributed by atoms with Crippen molar-refractivity contribution in [2.24, 2.45) is 0 Å². The minimum atomic E-state index is -0.437. The molecule has 0 fully saturated rings. The lowest BCUT2D eigenvalue weighted by molar-refractivity contribution is -0.150. The molecular formula is C13H19ClO2. The number of hydrogen-bond donors (Lipinski definition) is 0. The fourth-order valence-electron chi connectivity index (χ4n) is 1.64. The Morgan fingerprint density at radius 3 is 2.56 bits per heavy atom. The van der Waals surface area contributed by atoms with E-state index < -0.39 is 5.60 Å². The van der Waals surface area contributed by atoms with Crippen molar-refractivity contribution in [3.8, 4) is 0 Å². The molecule has 1 aliphatic carbocycles. The van der Waals surface area contributed by atoms with Gasteiger partial charge in [0.15, 0.2) is 0 Å². The SMILES string of the molecule is CCC1=C(C(=O)OC(C)(C)C)CCC(Cl)=C1. The average molecular weight is 243 g/mol. The molecule has 0 aromatic carbocycles. The van der Waals surface area contributed by atoms with Gasteiger partial charge in [-0.1, -0.05) is 18.5 Å². The normalized spacial score (nSPS) is 17.2. The van der Waals surface area contributed by atoms with Crippen LogP contribution in [0.4, 0.5) is 0 Å². The van der Waals surface area contributed by atoms with Crippen molar-refractivity contribution in [1.29, 1.82) is 0 Å². The highest BCUT2D eigenvalue weighted by Gasteiger charge is 2.23. The lowest BCUT2D eigenvalue weighted by Crippen LogP contribution is -2.25. The van der Waals surface area contributed by atoms with Gasteiger partial charge in [0, 0.05) is 10.6 Å². The van der Waals surface area contributed by atoms with Crippen LogP contribution < -0.4 is 0 Å². The molecule has 0 unspecified atom stereocenters. The second-order valence-electron chi connectivity index (χ2n) is 4.95. The van der Waals surface area contributed by atoms with Crippen molar-refractivity contribution >= 4 is 17.6 Å². The molecule has 0 radical (unpaired) electrons. The summed E-state index contributed by atoms with van der Waals surface area (Å²) >= 11 is 5.97. The van der Waals surface area contributed by atoms with Gasteiger partial charge in [-0.15, -0.1) is 0 Å². The molecule has 1 aliphatic rings. The number of rotatable bonds is 2. The molecule has 0 N–H and O–H groups in total. The summed E-state index contributed by atoms with van der Waals surface area (Å²) in [5.74, 6) is -0.204. The van der Waals surface area contributed by atoms with Crippen LogP contribution in [-0.4, -0.2) is 11.6 Å². The van der Waals surface area contributed by atoms with Crippen LogP contribution in [0.2, 0.25) is 0 Å². The molecule has 0 saturated heterocycles. The Morgan fingerprint density at radius 1 is 1.44 bits per heavy atom. The first-order chi connectivity index (χ1) is 7.33. The molecular weight excluding hydrogens is 224 g/mol. The Bertz CT molecular complexity index is 345. The zero-order chi connectivity index (χ0) is 12.3. The summed E-state index contributed by atoms with van der Waals surface area (Å²) in [6, 6.07) is 0. The molecule has 3 heteroatoms. The van der Waals surface area contributed by atoms with Gasteiger partial charge in [0.2, 0.25) is 0 Å². The molecule has 1 rings (SSSR count). The molecule has 0 aliphatic heterocycles. The first-order valence-electron chi connectivity index (χ1n) is 5.65. The Balaban J connectivity index is 2.89. The summed E-state index contributed by atoms with van der Waals surface area (Å²) in [5, 5.41) is 0.823.